The lowest BCUT2D eigenvalue weighted by atomic mass is 10.0. The minimum Gasteiger partial charge on any atom is -0.494 e. The lowest BCUT2D eigenvalue weighted by Crippen LogP contribution is -2.17. The van der Waals surface area contributed by atoms with Crippen LogP contribution in [0.2, 0.25) is 10.0 Å². The van der Waals surface area contributed by atoms with Gasteiger partial charge in [0.15, 0.2) is 0 Å². The molecule has 0 saturated carbocycles. The smallest absolute Gasteiger partial charge is 0.264 e. The fraction of sp³-hybridized carbons (Fsp3) is 0.116. The molecule has 0 spiro atoms. The molecule has 324 valence electrons. The summed E-state index contributed by atoms with van der Waals surface area (Å²) in [5, 5.41) is 16.6. The number of amides is 2. The van der Waals surface area contributed by atoms with Crippen LogP contribution in [0, 0.1) is 0 Å². The molecule has 0 saturated heterocycles. The average Bonchev–Trinajstić information content (AvgIpc) is 3.19. The Balaban J connectivity index is 0.000000234. The predicted molar refractivity (Wildman–Crippen MR) is 232 cm³/mol. The standard InChI is InChI=1S/C22H21ClN2O5S.C21H17ClF2N2O4S/c1-2-29-19-9-4-3-6-15(19)12-22(26)25-17-10-11-20(21(14-17)31(24,27)28)30-18-8-5-7-16(23)13-18;22-14-5-3-6-16(11-14)30-18-9-8-15(12-19(18)31(25,28)29)26-20(27)10-13-4-1-2-7-17(13)21(23)24/h3-11,13-14H,2,12H2,1H3,(H,25,26)(H2,24,27,28);1-9,11-12,21H,10H2,(H,26,27)(H2,25,28,29). The third-order valence-corrected chi connectivity index (χ3v) is 10.7. The molecule has 2 amide bonds. The number of hydrogen-bond donors (Lipinski definition) is 4. The van der Waals surface area contributed by atoms with Crippen LogP contribution in [-0.4, -0.2) is 35.3 Å². The van der Waals surface area contributed by atoms with Crippen molar-refractivity contribution in [1.29, 1.82) is 0 Å². The summed E-state index contributed by atoms with van der Waals surface area (Å²) in [6, 6.07) is 33.8. The zero-order chi connectivity index (χ0) is 45.0. The molecule has 6 N–H and O–H groups in total. The topological polar surface area (TPSA) is 206 Å². The van der Waals surface area contributed by atoms with E-state index >= 15 is 0 Å². The normalized spacial score (nSPS) is 11.2. The van der Waals surface area contributed by atoms with Gasteiger partial charge in [-0.05, 0) is 91.3 Å². The quantitative estimate of drug-likeness (QED) is 0.0773. The first-order valence-corrected chi connectivity index (χ1v) is 22.1. The summed E-state index contributed by atoms with van der Waals surface area (Å²) in [4.78, 5) is 24.2. The number of rotatable bonds is 15. The number of ether oxygens (including phenoxy) is 3. The monoisotopic (exact) mass is 926 g/mol. The van der Waals surface area contributed by atoms with Crippen molar-refractivity contribution in [2.45, 2.75) is 36.0 Å². The number of nitrogens with two attached hydrogens (primary N) is 2. The lowest BCUT2D eigenvalue weighted by Gasteiger charge is -2.13. The van der Waals surface area contributed by atoms with E-state index in [0.717, 1.165) is 11.6 Å². The minimum atomic E-state index is -4.21. The van der Waals surface area contributed by atoms with Gasteiger partial charge in [-0.25, -0.2) is 35.9 Å². The summed E-state index contributed by atoms with van der Waals surface area (Å²) in [5.74, 6) is 0.276. The van der Waals surface area contributed by atoms with Gasteiger partial charge in [0, 0.05) is 32.5 Å². The van der Waals surface area contributed by atoms with E-state index in [9.17, 15) is 35.2 Å². The summed E-state index contributed by atoms with van der Waals surface area (Å²) in [7, 11) is -8.33. The SMILES string of the molecule is CCOc1ccccc1CC(=O)Nc1ccc(Oc2cccc(Cl)c2)c(S(N)(=O)=O)c1.NS(=O)(=O)c1cc(NC(=O)Cc2ccccc2C(F)F)ccc1Oc1cccc(Cl)c1. The van der Waals surface area contributed by atoms with Crippen molar-refractivity contribution in [2.75, 3.05) is 17.2 Å². The van der Waals surface area contributed by atoms with Gasteiger partial charge in [0.05, 0.1) is 19.4 Å². The Bertz CT molecular complexity index is 2800. The van der Waals surface area contributed by atoms with Crippen LogP contribution >= 0.6 is 23.2 Å². The first kappa shape index (κ1) is 47.0. The van der Waals surface area contributed by atoms with E-state index in [2.05, 4.69) is 10.6 Å². The first-order chi connectivity index (χ1) is 29.4. The maximum atomic E-state index is 13.1. The van der Waals surface area contributed by atoms with E-state index in [0.29, 0.717) is 28.2 Å². The molecule has 0 unspecified atom stereocenters. The molecular weight excluding hydrogens is 890 g/mol. The van der Waals surface area contributed by atoms with Gasteiger partial charge >= 0.3 is 0 Å². The fourth-order valence-corrected chi connectivity index (χ4v) is 7.43. The number of halogens is 4. The Morgan fingerprint density at radius 1 is 0.597 bits per heavy atom. The second-order valence-corrected chi connectivity index (χ2v) is 17.0. The first-order valence-electron chi connectivity index (χ1n) is 18.3. The molecule has 62 heavy (non-hydrogen) atoms. The Morgan fingerprint density at radius 3 is 1.50 bits per heavy atom. The number of hydrogen-bond acceptors (Lipinski definition) is 9. The highest BCUT2D eigenvalue weighted by atomic mass is 35.5. The maximum absolute atomic E-state index is 13.1. The highest BCUT2D eigenvalue weighted by Gasteiger charge is 2.21. The molecule has 0 aliphatic carbocycles. The molecule has 0 radical (unpaired) electrons. The second kappa shape index (κ2) is 21.1. The number of alkyl halides is 2. The zero-order valence-electron chi connectivity index (χ0n) is 32.6. The molecular formula is C43H38Cl2F2N4O9S2. The number of anilines is 2. The third-order valence-electron chi connectivity index (χ3n) is 8.38. The maximum Gasteiger partial charge on any atom is 0.264 e. The summed E-state index contributed by atoms with van der Waals surface area (Å²) < 4.78 is 91.2. The van der Waals surface area contributed by atoms with Crippen LogP contribution in [0.15, 0.2) is 143 Å². The molecule has 0 aromatic heterocycles. The number of primary sulfonamides is 2. The van der Waals surface area contributed by atoms with Gasteiger partial charge in [-0.2, -0.15) is 0 Å². The van der Waals surface area contributed by atoms with Gasteiger partial charge < -0.3 is 24.8 Å². The Hall–Kier alpha value is -6.08. The number of para-hydroxylation sites is 1. The molecule has 0 atom stereocenters. The van der Waals surface area contributed by atoms with E-state index < -0.39 is 32.4 Å². The Kier molecular flexibility index (Phi) is 16.0. The van der Waals surface area contributed by atoms with Gasteiger partial charge in [-0.3, -0.25) is 9.59 Å². The van der Waals surface area contributed by atoms with Crippen molar-refractivity contribution in [3.63, 3.8) is 0 Å². The van der Waals surface area contributed by atoms with Gasteiger partial charge in [-0.15, -0.1) is 0 Å². The number of carbonyl (C=O) groups is 2. The Labute approximate surface area is 366 Å². The van der Waals surface area contributed by atoms with Crippen LogP contribution in [0.25, 0.3) is 0 Å². The van der Waals surface area contributed by atoms with Crippen molar-refractivity contribution < 1.29 is 49.4 Å². The van der Waals surface area contributed by atoms with Crippen LogP contribution in [0.3, 0.4) is 0 Å². The molecule has 0 heterocycles. The van der Waals surface area contributed by atoms with Gasteiger partial charge in [-0.1, -0.05) is 77.8 Å². The summed E-state index contributed by atoms with van der Waals surface area (Å²) in [6.07, 6.45) is -2.98. The predicted octanol–water partition coefficient (Wildman–Crippen LogP) is 9.26. The van der Waals surface area contributed by atoms with Gasteiger partial charge in [0.2, 0.25) is 31.9 Å². The molecule has 0 bridgehead atoms. The highest BCUT2D eigenvalue weighted by molar-refractivity contribution is 7.89. The highest BCUT2D eigenvalue weighted by Crippen LogP contribution is 2.34. The van der Waals surface area contributed by atoms with Crippen molar-refractivity contribution in [2.24, 2.45) is 10.3 Å². The van der Waals surface area contributed by atoms with Crippen LogP contribution in [0.5, 0.6) is 28.7 Å². The van der Waals surface area contributed by atoms with Crippen LogP contribution in [-0.2, 0) is 42.5 Å². The molecule has 13 nitrogen and oxygen atoms in total. The molecule has 6 aromatic rings. The van der Waals surface area contributed by atoms with Crippen LogP contribution in [0.1, 0.15) is 30.0 Å². The number of benzene rings is 6. The molecule has 19 heteroatoms. The van der Waals surface area contributed by atoms with E-state index in [4.69, 9.17) is 47.7 Å². The summed E-state index contributed by atoms with van der Waals surface area (Å²) in [6.45, 7) is 2.34. The van der Waals surface area contributed by atoms with Gasteiger partial charge in [0.25, 0.3) is 6.43 Å². The largest absolute Gasteiger partial charge is 0.494 e. The fourth-order valence-electron chi connectivity index (χ4n) is 5.71. The van der Waals surface area contributed by atoms with Crippen molar-refractivity contribution in [1.82, 2.24) is 0 Å². The number of nitrogens with one attached hydrogen (secondary N) is 2. The number of carbonyl (C=O) groups excluding carboxylic acids is 2. The molecule has 0 aliphatic rings. The molecule has 6 aromatic carbocycles. The molecule has 0 fully saturated rings. The summed E-state index contributed by atoms with van der Waals surface area (Å²) >= 11 is 11.8. The van der Waals surface area contributed by atoms with E-state index in [1.165, 1.54) is 54.6 Å². The zero-order valence-corrected chi connectivity index (χ0v) is 35.7. The van der Waals surface area contributed by atoms with Crippen LogP contribution in [0.4, 0.5) is 20.2 Å². The lowest BCUT2D eigenvalue weighted by molar-refractivity contribution is -0.116. The Morgan fingerprint density at radius 2 is 1.05 bits per heavy atom. The van der Waals surface area contributed by atoms with Crippen molar-refractivity contribution in [3.8, 4) is 28.7 Å². The molecule has 0 aliphatic heterocycles. The van der Waals surface area contributed by atoms with Crippen molar-refractivity contribution in [3.05, 3.63) is 160 Å². The second-order valence-electron chi connectivity index (χ2n) is 13.0. The van der Waals surface area contributed by atoms with E-state index in [1.807, 2.05) is 19.1 Å². The molecule has 6 rings (SSSR count). The van der Waals surface area contributed by atoms with Crippen LogP contribution < -0.4 is 35.1 Å². The average molecular weight is 928 g/mol. The summed E-state index contributed by atoms with van der Waals surface area (Å²) in [5.41, 5.74) is 1.02. The number of sulfonamides is 2. The van der Waals surface area contributed by atoms with E-state index in [-0.39, 0.29) is 68.3 Å². The van der Waals surface area contributed by atoms with Gasteiger partial charge in [0.1, 0.15) is 38.5 Å². The van der Waals surface area contributed by atoms with Crippen molar-refractivity contribution >= 4 is 66.4 Å². The van der Waals surface area contributed by atoms with E-state index in [1.54, 1.807) is 60.7 Å². The minimum absolute atomic E-state index is 0.0180. The third kappa shape index (κ3) is 13.7.